The molecule has 0 bridgehead atoms. The van der Waals surface area contributed by atoms with Crippen molar-refractivity contribution in [1.29, 1.82) is 0 Å². The van der Waals surface area contributed by atoms with Crippen LogP contribution >= 0.6 is 0 Å². The summed E-state index contributed by atoms with van der Waals surface area (Å²) in [6.07, 6.45) is -1.73. The van der Waals surface area contributed by atoms with Crippen LogP contribution < -0.4 is 5.32 Å². The summed E-state index contributed by atoms with van der Waals surface area (Å²) in [7, 11) is 0. The van der Waals surface area contributed by atoms with Crippen LogP contribution in [0.3, 0.4) is 0 Å². The third kappa shape index (κ3) is 2.96. The van der Waals surface area contributed by atoms with Gasteiger partial charge in [-0.15, -0.1) is 0 Å². The molecule has 2 nitrogen and oxygen atoms in total. The Morgan fingerprint density at radius 1 is 1.11 bits per heavy atom. The third-order valence-electron chi connectivity index (χ3n) is 3.30. The molecule has 1 aromatic rings. The zero-order valence-electron chi connectivity index (χ0n) is 9.87. The summed E-state index contributed by atoms with van der Waals surface area (Å²) in [5, 5.41) is 12.6. The Labute approximate surface area is 104 Å². The first-order valence-electron chi connectivity index (χ1n) is 6.09. The van der Waals surface area contributed by atoms with Crippen molar-refractivity contribution < 1.29 is 18.3 Å². The number of nitrogens with one attached hydrogen (secondary N) is 1. The van der Waals surface area contributed by atoms with E-state index in [0.29, 0.717) is 12.8 Å². The summed E-state index contributed by atoms with van der Waals surface area (Å²) >= 11 is 0. The minimum atomic E-state index is -4.37. The van der Waals surface area contributed by atoms with Crippen molar-refractivity contribution in [1.82, 2.24) is 0 Å². The Morgan fingerprint density at radius 2 is 1.78 bits per heavy atom. The van der Waals surface area contributed by atoms with E-state index in [1.165, 1.54) is 12.1 Å². The molecule has 0 amide bonds. The number of anilines is 1. The highest BCUT2D eigenvalue weighted by Gasteiger charge is 2.34. The van der Waals surface area contributed by atoms with E-state index in [9.17, 15) is 18.3 Å². The van der Waals surface area contributed by atoms with Crippen molar-refractivity contribution in [2.45, 2.75) is 44.0 Å². The smallest absolute Gasteiger partial charge is 0.391 e. The predicted molar refractivity (Wildman–Crippen MR) is 63.3 cm³/mol. The molecule has 1 fully saturated rings. The van der Waals surface area contributed by atoms with Crippen LogP contribution in [-0.2, 0) is 6.18 Å². The number of rotatable bonds is 2. The molecule has 18 heavy (non-hydrogen) atoms. The molecule has 0 aromatic heterocycles. The Hall–Kier alpha value is -1.23. The monoisotopic (exact) mass is 259 g/mol. The molecule has 1 aliphatic rings. The number of alkyl halides is 3. The SMILES string of the molecule is O[C@H]1CCCC[C@@H]1Nc1ccccc1C(F)(F)F. The van der Waals surface area contributed by atoms with Gasteiger partial charge in [0, 0.05) is 5.69 Å². The molecule has 100 valence electrons. The summed E-state index contributed by atoms with van der Waals surface area (Å²) in [4.78, 5) is 0. The molecule has 2 atom stereocenters. The summed E-state index contributed by atoms with van der Waals surface area (Å²) in [6.45, 7) is 0. The zero-order valence-corrected chi connectivity index (χ0v) is 9.87. The number of aliphatic hydroxyl groups excluding tert-OH is 1. The van der Waals surface area contributed by atoms with E-state index in [4.69, 9.17) is 0 Å². The van der Waals surface area contributed by atoms with Crippen LogP contribution in [0.15, 0.2) is 24.3 Å². The minimum absolute atomic E-state index is 0.0518. The Balaban J connectivity index is 2.18. The molecule has 5 heteroatoms. The third-order valence-corrected chi connectivity index (χ3v) is 3.30. The van der Waals surface area contributed by atoms with Gasteiger partial charge in [-0.3, -0.25) is 0 Å². The predicted octanol–water partition coefficient (Wildman–Crippen LogP) is 3.42. The van der Waals surface area contributed by atoms with Crippen LogP contribution in [0.2, 0.25) is 0 Å². The van der Waals surface area contributed by atoms with Crippen molar-refractivity contribution in [3.63, 3.8) is 0 Å². The second-order valence-corrected chi connectivity index (χ2v) is 4.65. The van der Waals surface area contributed by atoms with Crippen LogP contribution in [0.1, 0.15) is 31.2 Å². The minimum Gasteiger partial charge on any atom is -0.391 e. The lowest BCUT2D eigenvalue weighted by atomic mass is 9.92. The topological polar surface area (TPSA) is 32.3 Å². The normalized spacial score (nSPS) is 24.9. The van der Waals surface area contributed by atoms with Gasteiger partial charge in [-0.2, -0.15) is 13.2 Å². The summed E-state index contributed by atoms with van der Waals surface area (Å²) in [5.41, 5.74) is -0.626. The van der Waals surface area contributed by atoms with E-state index < -0.39 is 17.8 Å². The molecular weight excluding hydrogens is 243 g/mol. The lowest BCUT2D eigenvalue weighted by Gasteiger charge is -2.30. The molecule has 0 heterocycles. The number of halogens is 3. The standard InChI is InChI=1S/C13H16F3NO/c14-13(15,16)9-5-1-2-6-10(9)17-11-7-3-4-8-12(11)18/h1-2,5-6,11-12,17-18H,3-4,7-8H2/t11-,12-/m0/s1. The van der Waals surface area contributed by atoms with E-state index in [2.05, 4.69) is 5.32 Å². The Kier molecular flexibility index (Phi) is 3.80. The number of benzene rings is 1. The van der Waals surface area contributed by atoms with Gasteiger partial charge in [0.05, 0.1) is 17.7 Å². The van der Waals surface area contributed by atoms with Gasteiger partial charge in [-0.05, 0) is 25.0 Å². The van der Waals surface area contributed by atoms with E-state index >= 15 is 0 Å². The maximum atomic E-state index is 12.8. The molecule has 0 unspecified atom stereocenters. The average Bonchev–Trinajstić information content (AvgIpc) is 2.31. The van der Waals surface area contributed by atoms with Crippen molar-refractivity contribution in [3.05, 3.63) is 29.8 Å². The molecule has 2 N–H and O–H groups in total. The second kappa shape index (κ2) is 5.18. The largest absolute Gasteiger partial charge is 0.418 e. The van der Waals surface area contributed by atoms with E-state index in [0.717, 1.165) is 18.9 Å². The van der Waals surface area contributed by atoms with Crippen molar-refractivity contribution in [2.24, 2.45) is 0 Å². The molecule has 1 aromatic carbocycles. The number of hydrogen-bond acceptors (Lipinski definition) is 2. The highest BCUT2D eigenvalue weighted by atomic mass is 19.4. The van der Waals surface area contributed by atoms with E-state index in [1.807, 2.05) is 0 Å². The van der Waals surface area contributed by atoms with Crippen LogP contribution in [0, 0.1) is 0 Å². The molecule has 0 aliphatic heterocycles. The fourth-order valence-electron chi connectivity index (χ4n) is 2.34. The maximum Gasteiger partial charge on any atom is 0.418 e. The van der Waals surface area contributed by atoms with Crippen molar-refractivity contribution >= 4 is 5.69 Å². The molecule has 1 saturated carbocycles. The fourth-order valence-corrected chi connectivity index (χ4v) is 2.34. The van der Waals surface area contributed by atoms with Gasteiger partial charge in [-0.25, -0.2) is 0 Å². The molecule has 0 spiro atoms. The van der Waals surface area contributed by atoms with Crippen molar-refractivity contribution in [2.75, 3.05) is 5.32 Å². The molecule has 2 rings (SSSR count). The van der Waals surface area contributed by atoms with Gasteiger partial charge in [0.2, 0.25) is 0 Å². The first kappa shape index (κ1) is 13.2. The van der Waals surface area contributed by atoms with E-state index in [-0.39, 0.29) is 11.7 Å². The Morgan fingerprint density at radius 3 is 2.44 bits per heavy atom. The van der Waals surface area contributed by atoms with Gasteiger partial charge in [0.1, 0.15) is 0 Å². The van der Waals surface area contributed by atoms with E-state index in [1.54, 1.807) is 6.07 Å². The second-order valence-electron chi connectivity index (χ2n) is 4.65. The van der Waals surface area contributed by atoms with Crippen molar-refractivity contribution in [3.8, 4) is 0 Å². The Bertz CT molecular complexity index is 405. The first-order valence-corrected chi connectivity index (χ1v) is 6.09. The van der Waals surface area contributed by atoms with Gasteiger partial charge < -0.3 is 10.4 Å². The summed E-state index contributed by atoms with van der Waals surface area (Å²) in [5.74, 6) is 0. The lowest BCUT2D eigenvalue weighted by molar-refractivity contribution is -0.137. The molecule has 0 radical (unpaired) electrons. The highest BCUT2D eigenvalue weighted by Crippen LogP contribution is 2.35. The zero-order chi connectivity index (χ0) is 13.2. The highest BCUT2D eigenvalue weighted by molar-refractivity contribution is 5.53. The molecule has 0 saturated heterocycles. The quantitative estimate of drug-likeness (QED) is 0.853. The van der Waals surface area contributed by atoms with Gasteiger partial charge in [-0.1, -0.05) is 25.0 Å². The van der Waals surface area contributed by atoms with Gasteiger partial charge in [0.25, 0.3) is 0 Å². The van der Waals surface area contributed by atoms with Gasteiger partial charge >= 0.3 is 6.18 Å². The first-order chi connectivity index (χ1) is 8.48. The fraction of sp³-hybridized carbons (Fsp3) is 0.538. The molecular formula is C13H16F3NO. The van der Waals surface area contributed by atoms with Crippen LogP contribution in [0.25, 0.3) is 0 Å². The number of hydrogen-bond donors (Lipinski definition) is 2. The van der Waals surface area contributed by atoms with Gasteiger partial charge in [0.15, 0.2) is 0 Å². The maximum absolute atomic E-state index is 12.8. The number of aliphatic hydroxyl groups is 1. The average molecular weight is 259 g/mol. The van der Waals surface area contributed by atoms with Crippen LogP contribution in [0.4, 0.5) is 18.9 Å². The lowest BCUT2D eigenvalue weighted by Crippen LogP contribution is -2.36. The molecule has 1 aliphatic carbocycles. The number of para-hydroxylation sites is 1. The van der Waals surface area contributed by atoms with Crippen LogP contribution in [0.5, 0.6) is 0 Å². The van der Waals surface area contributed by atoms with Crippen LogP contribution in [-0.4, -0.2) is 17.3 Å². The summed E-state index contributed by atoms with van der Waals surface area (Å²) < 4.78 is 38.4. The summed E-state index contributed by atoms with van der Waals surface area (Å²) in [6, 6.07) is 5.10.